The molecule has 3 rings (SSSR count). The van der Waals surface area contributed by atoms with Crippen LogP contribution in [-0.4, -0.2) is 9.78 Å². The molecule has 0 fully saturated rings. The molecule has 0 spiro atoms. The Balaban J connectivity index is 2.30. The molecule has 1 aliphatic carbocycles. The Morgan fingerprint density at radius 3 is 2.50 bits per heavy atom. The van der Waals surface area contributed by atoms with Crippen LogP contribution >= 0.6 is 31.9 Å². The number of nitrogens with zero attached hydrogens (tertiary/aromatic N) is 2. The van der Waals surface area contributed by atoms with Crippen LogP contribution in [0.3, 0.4) is 0 Å². The smallest absolute Gasteiger partial charge is 0.0648 e. The van der Waals surface area contributed by atoms with E-state index < -0.39 is 0 Å². The summed E-state index contributed by atoms with van der Waals surface area (Å²) in [6.07, 6.45) is 1.89. The van der Waals surface area contributed by atoms with Crippen molar-refractivity contribution in [3.63, 3.8) is 0 Å². The minimum Gasteiger partial charge on any atom is -0.237 e. The van der Waals surface area contributed by atoms with E-state index in [0.29, 0.717) is 0 Å². The van der Waals surface area contributed by atoms with Gasteiger partial charge in [0.25, 0.3) is 0 Å². The molecule has 0 amide bonds. The third kappa shape index (κ3) is 1.80. The largest absolute Gasteiger partial charge is 0.237 e. The van der Waals surface area contributed by atoms with Gasteiger partial charge in [-0.15, -0.1) is 0 Å². The lowest BCUT2D eigenvalue weighted by Crippen LogP contribution is -2.06. The Kier molecular flexibility index (Phi) is 2.99. The lowest BCUT2D eigenvalue weighted by molar-refractivity contribution is 0.808. The molecule has 0 saturated heterocycles. The quantitative estimate of drug-likeness (QED) is 0.605. The van der Waals surface area contributed by atoms with Crippen LogP contribution in [-0.2, 0) is 0 Å². The summed E-state index contributed by atoms with van der Waals surface area (Å²) >= 11 is 7.16. The molecule has 1 aliphatic heterocycles. The van der Waals surface area contributed by atoms with Gasteiger partial charge in [0.1, 0.15) is 0 Å². The van der Waals surface area contributed by atoms with Crippen LogP contribution in [0, 0.1) is 6.92 Å². The van der Waals surface area contributed by atoms with Gasteiger partial charge in [0.05, 0.1) is 11.9 Å². The highest BCUT2D eigenvalue weighted by Gasteiger charge is 2.18. The molecule has 4 heteroatoms. The second kappa shape index (κ2) is 4.52. The normalized spacial score (nSPS) is 11.1. The van der Waals surface area contributed by atoms with Crippen molar-refractivity contribution in [2.75, 3.05) is 0 Å². The topological polar surface area (TPSA) is 17.8 Å². The Bertz CT molecular complexity index is 674. The summed E-state index contributed by atoms with van der Waals surface area (Å²) in [5, 5.41) is 4.52. The highest BCUT2D eigenvalue weighted by Crippen LogP contribution is 2.41. The zero-order chi connectivity index (χ0) is 12.7. The van der Waals surface area contributed by atoms with E-state index in [1.165, 1.54) is 5.56 Å². The average molecular weight is 366 g/mol. The number of aromatic nitrogens is 2. The molecule has 0 radical (unpaired) electrons. The van der Waals surface area contributed by atoms with Gasteiger partial charge in [-0.1, -0.05) is 50.1 Å². The average Bonchev–Trinajstić information content (AvgIpc) is 2.67. The first-order chi connectivity index (χ1) is 8.68. The molecule has 1 heterocycles. The highest BCUT2D eigenvalue weighted by molar-refractivity contribution is 9.11. The Hall–Kier alpha value is -1.13. The molecule has 1 aromatic carbocycles. The molecule has 90 valence electrons. The zero-order valence-electron chi connectivity index (χ0n) is 9.69. The number of benzene rings is 1. The molecule has 0 atom stereocenters. The summed E-state index contributed by atoms with van der Waals surface area (Å²) in [5.74, 6) is 0. The highest BCUT2D eigenvalue weighted by atomic mass is 79.9. The van der Waals surface area contributed by atoms with Gasteiger partial charge in [0.15, 0.2) is 0 Å². The third-order valence-electron chi connectivity index (χ3n) is 3.00. The minimum atomic E-state index is 1.07. The van der Waals surface area contributed by atoms with Crippen molar-refractivity contribution in [3.8, 4) is 16.8 Å². The second-order valence-corrected chi connectivity index (χ2v) is 5.81. The van der Waals surface area contributed by atoms with Gasteiger partial charge in [0, 0.05) is 25.8 Å². The molecule has 0 bridgehead atoms. The molecular weight excluding hydrogens is 356 g/mol. The van der Waals surface area contributed by atoms with E-state index in [1.807, 2.05) is 29.1 Å². The van der Waals surface area contributed by atoms with Gasteiger partial charge >= 0.3 is 0 Å². The van der Waals surface area contributed by atoms with Crippen molar-refractivity contribution in [1.29, 1.82) is 0 Å². The number of halogens is 2. The van der Waals surface area contributed by atoms with E-state index in [9.17, 15) is 0 Å². The molecule has 0 aromatic heterocycles. The number of hydrogen-bond acceptors (Lipinski definition) is 1. The SMILES string of the molecule is Cc1c2c(Br)cc(Br)c-2cnn1-c1ccccc1. The molecular formula is C14H10Br2N2. The predicted octanol–water partition coefficient (Wildman–Crippen LogP) is 4.81. The van der Waals surface area contributed by atoms with Gasteiger partial charge in [-0.05, 0) is 25.1 Å². The fourth-order valence-corrected chi connectivity index (χ4v) is 3.71. The zero-order valence-corrected chi connectivity index (χ0v) is 12.9. The van der Waals surface area contributed by atoms with Gasteiger partial charge in [-0.3, -0.25) is 0 Å². The van der Waals surface area contributed by atoms with E-state index in [1.54, 1.807) is 0 Å². The number of para-hydroxylation sites is 1. The predicted molar refractivity (Wildman–Crippen MR) is 80.3 cm³/mol. The first kappa shape index (κ1) is 11.9. The fourth-order valence-electron chi connectivity index (χ4n) is 2.14. The first-order valence-corrected chi connectivity index (χ1v) is 7.15. The summed E-state index contributed by atoms with van der Waals surface area (Å²) in [6.45, 7) is 2.08. The van der Waals surface area contributed by atoms with Gasteiger partial charge < -0.3 is 0 Å². The van der Waals surface area contributed by atoms with Crippen molar-refractivity contribution in [2.24, 2.45) is 0 Å². The maximum atomic E-state index is 4.52. The number of fused-ring (bicyclic) bond motifs is 1. The van der Waals surface area contributed by atoms with Crippen molar-refractivity contribution >= 4 is 31.9 Å². The third-order valence-corrected chi connectivity index (χ3v) is 4.28. The standard InChI is InChI=1S/C14H10Br2N2/c1-9-14-11(12(15)7-13(14)16)8-17-18(9)10-5-3-2-4-6-10/h2-8H,1H3. The van der Waals surface area contributed by atoms with Gasteiger partial charge in [0.2, 0.25) is 0 Å². The lowest BCUT2D eigenvalue weighted by atomic mass is 10.1. The Labute approximate surface area is 122 Å². The van der Waals surface area contributed by atoms with Crippen LogP contribution < -0.4 is 0 Å². The van der Waals surface area contributed by atoms with Crippen LogP contribution in [0.15, 0.2) is 51.5 Å². The van der Waals surface area contributed by atoms with Crippen molar-refractivity contribution in [3.05, 3.63) is 57.2 Å². The number of rotatable bonds is 1. The van der Waals surface area contributed by atoms with E-state index in [4.69, 9.17) is 0 Å². The summed E-state index contributed by atoms with van der Waals surface area (Å²) in [5.41, 5.74) is 4.52. The molecule has 0 unspecified atom stereocenters. The Morgan fingerprint density at radius 1 is 1.06 bits per heavy atom. The molecule has 18 heavy (non-hydrogen) atoms. The Morgan fingerprint density at radius 2 is 1.78 bits per heavy atom. The van der Waals surface area contributed by atoms with E-state index in [-0.39, 0.29) is 0 Å². The van der Waals surface area contributed by atoms with Crippen LogP contribution in [0.1, 0.15) is 5.69 Å². The second-order valence-electron chi connectivity index (χ2n) is 4.11. The molecule has 0 N–H and O–H groups in total. The monoisotopic (exact) mass is 364 g/mol. The summed E-state index contributed by atoms with van der Waals surface area (Å²) < 4.78 is 4.12. The van der Waals surface area contributed by atoms with Gasteiger partial charge in [-0.25, -0.2) is 4.68 Å². The first-order valence-electron chi connectivity index (χ1n) is 5.56. The van der Waals surface area contributed by atoms with E-state index in [0.717, 1.165) is 25.9 Å². The van der Waals surface area contributed by atoms with Crippen molar-refractivity contribution in [2.45, 2.75) is 6.92 Å². The van der Waals surface area contributed by atoms with Crippen molar-refractivity contribution < 1.29 is 0 Å². The molecule has 1 aromatic rings. The molecule has 2 aliphatic rings. The molecule has 2 nitrogen and oxygen atoms in total. The van der Waals surface area contributed by atoms with Crippen LogP contribution in [0.5, 0.6) is 0 Å². The maximum Gasteiger partial charge on any atom is 0.0648 e. The minimum absolute atomic E-state index is 1.07. The summed E-state index contributed by atoms with van der Waals surface area (Å²) in [6, 6.07) is 12.2. The van der Waals surface area contributed by atoms with E-state index in [2.05, 4.69) is 62.1 Å². The number of hydrogen-bond donors (Lipinski definition) is 0. The molecule has 0 saturated carbocycles. The summed E-state index contributed by atoms with van der Waals surface area (Å²) in [7, 11) is 0. The fraction of sp³-hybridized carbons (Fsp3) is 0.0714. The van der Waals surface area contributed by atoms with Gasteiger partial charge in [-0.2, -0.15) is 5.10 Å². The maximum absolute atomic E-state index is 4.52. The van der Waals surface area contributed by atoms with Crippen molar-refractivity contribution in [1.82, 2.24) is 9.78 Å². The summed E-state index contributed by atoms with van der Waals surface area (Å²) in [4.78, 5) is 0. The van der Waals surface area contributed by atoms with Crippen LogP contribution in [0.2, 0.25) is 0 Å². The van der Waals surface area contributed by atoms with E-state index >= 15 is 0 Å². The lowest BCUT2D eigenvalue weighted by Gasteiger charge is -2.14. The van der Waals surface area contributed by atoms with Crippen LogP contribution in [0.4, 0.5) is 0 Å². The van der Waals surface area contributed by atoms with Crippen LogP contribution in [0.25, 0.3) is 16.8 Å².